The average molecular weight is 417 g/mol. The maximum absolute atomic E-state index is 12.8. The van der Waals surface area contributed by atoms with Crippen molar-refractivity contribution in [3.05, 3.63) is 34.6 Å². The molecule has 7 nitrogen and oxygen atoms in total. The number of hydrogen-bond donors (Lipinski definition) is 2. The van der Waals surface area contributed by atoms with Gasteiger partial charge in [-0.05, 0) is 37.3 Å². The predicted octanol–water partition coefficient (Wildman–Crippen LogP) is 3.30. The molecule has 0 radical (unpaired) electrons. The lowest BCUT2D eigenvalue weighted by molar-refractivity contribution is -0.117. The van der Waals surface area contributed by atoms with Crippen LogP contribution in [0.2, 0.25) is 0 Å². The van der Waals surface area contributed by atoms with Gasteiger partial charge in [-0.25, -0.2) is 9.78 Å². The van der Waals surface area contributed by atoms with Crippen LogP contribution in [0.3, 0.4) is 0 Å². The number of aromatic nitrogens is 2. The van der Waals surface area contributed by atoms with Gasteiger partial charge in [0.2, 0.25) is 5.91 Å². The van der Waals surface area contributed by atoms with E-state index < -0.39 is 11.9 Å². The largest absolute Gasteiger partial charge is 0.335 e. The molecule has 29 heavy (non-hydrogen) atoms. The van der Waals surface area contributed by atoms with E-state index in [0.717, 1.165) is 25.7 Å². The number of fused-ring (bicyclic) bond motifs is 1. The molecule has 2 atom stereocenters. The number of benzene rings is 1. The molecule has 0 bridgehead atoms. The van der Waals surface area contributed by atoms with Gasteiger partial charge in [0.25, 0.3) is 5.56 Å². The first-order valence-corrected chi connectivity index (χ1v) is 11.2. The molecule has 1 aliphatic carbocycles. The van der Waals surface area contributed by atoms with E-state index in [0.29, 0.717) is 28.5 Å². The molecule has 0 spiro atoms. The fourth-order valence-electron chi connectivity index (χ4n) is 3.71. The molecule has 0 unspecified atom stereocenters. The van der Waals surface area contributed by atoms with Crippen LogP contribution in [0.1, 0.15) is 46.0 Å². The van der Waals surface area contributed by atoms with E-state index in [1.807, 2.05) is 19.1 Å². The Morgan fingerprint density at radius 2 is 2.00 bits per heavy atom. The summed E-state index contributed by atoms with van der Waals surface area (Å²) in [5.74, 6) is 0.0351. The summed E-state index contributed by atoms with van der Waals surface area (Å²) >= 11 is 1.17. The molecule has 1 heterocycles. The molecule has 0 saturated heterocycles. The van der Waals surface area contributed by atoms with E-state index in [-0.39, 0.29) is 17.4 Å². The van der Waals surface area contributed by atoms with Crippen LogP contribution < -0.4 is 16.2 Å². The van der Waals surface area contributed by atoms with Crippen molar-refractivity contribution in [3.63, 3.8) is 0 Å². The lowest BCUT2D eigenvalue weighted by atomic mass is 9.86. The first-order chi connectivity index (χ1) is 14.0. The first-order valence-electron chi connectivity index (χ1n) is 10.2. The normalized spacial score (nSPS) is 19.1. The van der Waals surface area contributed by atoms with E-state index in [2.05, 4.69) is 22.5 Å². The lowest BCUT2D eigenvalue weighted by Crippen LogP contribution is -2.48. The van der Waals surface area contributed by atoms with Crippen LogP contribution >= 0.6 is 11.8 Å². The van der Waals surface area contributed by atoms with Gasteiger partial charge >= 0.3 is 6.03 Å². The Kier molecular flexibility index (Phi) is 7.30. The van der Waals surface area contributed by atoms with Crippen molar-refractivity contribution < 1.29 is 9.59 Å². The number of amides is 3. The maximum atomic E-state index is 12.8. The predicted molar refractivity (Wildman–Crippen MR) is 115 cm³/mol. The van der Waals surface area contributed by atoms with Crippen molar-refractivity contribution in [2.45, 2.75) is 63.7 Å². The number of nitrogens with zero attached hydrogens (tertiary/aromatic N) is 2. The minimum Gasteiger partial charge on any atom is -0.335 e. The van der Waals surface area contributed by atoms with E-state index >= 15 is 0 Å². The molecule has 156 valence electrons. The van der Waals surface area contributed by atoms with E-state index in [1.165, 1.54) is 18.2 Å². The quantitative estimate of drug-likeness (QED) is 0.557. The third-order valence-corrected chi connectivity index (χ3v) is 6.26. The van der Waals surface area contributed by atoms with Crippen molar-refractivity contribution in [2.24, 2.45) is 5.92 Å². The maximum Gasteiger partial charge on any atom is 0.321 e. The van der Waals surface area contributed by atoms with Crippen LogP contribution in [0.4, 0.5) is 4.79 Å². The minimum absolute atomic E-state index is 0.0160. The highest BCUT2D eigenvalue weighted by Crippen LogP contribution is 2.23. The highest BCUT2D eigenvalue weighted by atomic mass is 32.2. The molecule has 2 aromatic rings. The highest BCUT2D eigenvalue weighted by molar-refractivity contribution is 7.99. The Hall–Kier alpha value is -2.35. The summed E-state index contributed by atoms with van der Waals surface area (Å²) in [5.41, 5.74) is 0.501. The second-order valence-corrected chi connectivity index (χ2v) is 8.49. The molecule has 8 heteroatoms. The zero-order valence-electron chi connectivity index (χ0n) is 16.9. The van der Waals surface area contributed by atoms with E-state index in [4.69, 9.17) is 0 Å². The Labute approximate surface area is 174 Å². The van der Waals surface area contributed by atoms with Gasteiger partial charge in [-0.2, -0.15) is 0 Å². The third kappa shape index (κ3) is 5.38. The zero-order valence-corrected chi connectivity index (χ0v) is 17.8. The summed E-state index contributed by atoms with van der Waals surface area (Å²) in [7, 11) is 0. The monoisotopic (exact) mass is 416 g/mol. The van der Waals surface area contributed by atoms with E-state index in [9.17, 15) is 14.4 Å². The number of carbonyl (C=O) groups excluding carboxylic acids is 2. The number of hydrogen-bond acceptors (Lipinski definition) is 5. The van der Waals surface area contributed by atoms with Gasteiger partial charge < -0.3 is 5.32 Å². The van der Waals surface area contributed by atoms with Crippen LogP contribution in [0.25, 0.3) is 10.9 Å². The SMILES string of the molecule is CCCn1c(SCC(=O)NC(=O)N[C@@H]2CCCC[C@H]2C)nc2ccccc2c1=O. The highest BCUT2D eigenvalue weighted by Gasteiger charge is 2.23. The molecule has 3 amide bonds. The standard InChI is InChI=1S/C21H28N4O3S/c1-3-12-25-19(27)15-9-5-7-11-17(15)23-21(25)29-13-18(26)24-20(28)22-16-10-6-4-8-14(16)2/h5,7,9,11,14,16H,3-4,6,8,10,12-13H2,1-2H3,(H2,22,24,26,28)/t14-,16-/m1/s1. The topological polar surface area (TPSA) is 93.1 Å². The van der Waals surface area contributed by atoms with Crippen molar-refractivity contribution in [1.29, 1.82) is 0 Å². The molecule has 1 aromatic heterocycles. The smallest absolute Gasteiger partial charge is 0.321 e. The van der Waals surface area contributed by atoms with Crippen molar-refractivity contribution in [3.8, 4) is 0 Å². The van der Waals surface area contributed by atoms with Gasteiger partial charge in [-0.3, -0.25) is 19.5 Å². The molecule has 1 fully saturated rings. The number of imide groups is 1. The number of nitrogens with one attached hydrogen (secondary N) is 2. The summed E-state index contributed by atoms with van der Waals surface area (Å²) in [6.45, 7) is 4.64. The molecule has 2 N–H and O–H groups in total. The lowest BCUT2D eigenvalue weighted by Gasteiger charge is -2.29. The summed E-state index contributed by atoms with van der Waals surface area (Å²) in [4.78, 5) is 41.7. The fraction of sp³-hybridized carbons (Fsp3) is 0.524. The fourth-order valence-corrected chi connectivity index (χ4v) is 4.53. The number of para-hydroxylation sites is 1. The second-order valence-electron chi connectivity index (χ2n) is 7.55. The number of rotatable bonds is 6. The Morgan fingerprint density at radius 3 is 2.76 bits per heavy atom. The molecule has 1 saturated carbocycles. The van der Waals surface area contributed by atoms with Crippen molar-refractivity contribution in [1.82, 2.24) is 20.2 Å². The minimum atomic E-state index is -0.452. The van der Waals surface area contributed by atoms with E-state index in [1.54, 1.807) is 16.7 Å². The van der Waals surface area contributed by atoms with Crippen molar-refractivity contribution in [2.75, 3.05) is 5.75 Å². The number of carbonyl (C=O) groups is 2. The van der Waals surface area contributed by atoms with Gasteiger partial charge in [0.1, 0.15) is 0 Å². The van der Waals surface area contributed by atoms with Gasteiger partial charge in [0, 0.05) is 12.6 Å². The Bertz CT molecular complexity index is 943. The van der Waals surface area contributed by atoms with Gasteiger partial charge in [-0.1, -0.05) is 50.6 Å². The molecule has 3 rings (SSSR count). The molecular formula is C21H28N4O3S. The van der Waals surface area contributed by atoms with Crippen LogP contribution in [-0.4, -0.2) is 33.3 Å². The summed E-state index contributed by atoms with van der Waals surface area (Å²) < 4.78 is 1.60. The third-order valence-electron chi connectivity index (χ3n) is 5.29. The Balaban J connectivity index is 1.63. The van der Waals surface area contributed by atoms with Crippen LogP contribution in [0.15, 0.2) is 34.2 Å². The molecular weight excluding hydrogens is 388 g/mol. The average Bonchev–Trinajstić information content (AvgIpc) is 2.70. The van der Waals surface area contributed by atoms with Crippen LogP contribution in [0, 0.1) is 5.92 Å². The van der Waals surface area contributed by atoms with Gasteiger partial charge in [-0.15, -0.1) is 0 Å². The van der Waals surface area contributed by atoms with Gasteiger partial charge in [0.05, 0.1) is 16.7 Å². The molecule has 0 aliphatic heterocycles. The summed E-state index contributed by atoms with van der Waals surface area (Å²) in [5, 5.41) is 6.37. The number of thioether (sulfide) groups is 1. The van der Waals surface area contributed by atoms with Crippen molar-refractivity contribution >= 4 is 34.6 Å². The molecule has 1 aromatic carbocycles. The summed E-state index contributed by atoms with van der Waals surface area (Å²) in [6.07, 6.45) is 5.11. The first kappa shape index (κ1) is 21.4. The number of urea groups is 1. The molecule has 1 aliphatic rings. The van der Waals surface area contributed by atoms with Crippen LogP contribution in [-0.2, 0) is 11.3 Å². The van der Waals surface area contributed by atoms with Gasteiger partial charge in [0.15, 0.2) is 5.16 Å². The summed E-state index contributed by atoms with van der Waals surface area (Å²) in [6, 6.07) is 6.85. The second kappa shape index (κ2) is 9.91. The van der Waals surface area contributed by atoms with Crippen LogP contribution in [0.5, 0.6) is 0 Å². The Morgan fingerprint density at radius 1 is 1.24 bits per heavy atom. The zero-order chi connectivity index (χ0) is 20.8.